The first kappa shape index (κ1) is 15.8. The fourth-order valence-corrected chi connectivity index (χ4v) is 2.58. The minimum absolute atomic E-state index is 0.179. The number of amides is 3. The van der Waals surface area contributed by atoms with Crippen LogP contribution in [0.4, 0.5) is 10.5 Å². The molecule has 0 aromatic heterocycles. The summed E-state index contributed by atoms with van der Waals surface area (Å²) < 4.78 is 4.75. The van der Waals surface area contributed by atoms with Crippen LogP contribution in [0, 0.1) is 5.92 Å². The summed E-state index contributed by atoms with van der Waals surface area (Å²) in [6.07, 6.45) is 1.48. The van der Waals surface area contributed by atoms with Crippen LogP contribution in [0.1, 0.15) is 23.2 Å². The van der Waals surface area contributed by atoms with Gasteiger partial charge in [-0.3, -0.25) is 9.59 Å². The average molecular weight is 305 g/mol. The molecule has 118 valence electrons. The maximum atomic E-state index is 12.5. The Bertz CT molecular complexity index is 588. The zero-order valence-corrected chi connectivity index (χ0v) is 12.4. The molecule has 1 fully saturated rings. The van der Waals surface area contributed by atoms with Gasteiger partial charge in [0.1, 0.15) is 0 Å². The van der Waals surface area contributed by atoms with Gasteiger partial charge < -0.3 is 20.7 Å². The van der Waals surface area contributed by atoms with Crippen molar-refractivity contribution in [3.63, 3.8) is 0 Å². The van der Waals surface area contributed by atoms with E-state index in [2.05, 4.69) is 5.32 Å². The summed E-state index contributed by atoms with van der Waals surface area (Å²) in [7, 11) is 1.35. The third-order valence-electron chi connectivity index (χ3n) is 3.62. The highest BCUT2D eigenvalue weighted by Crippen LogP contribution is 2.20. The number of anilines is 1. The van der Waals surface area contributed by atoms with Gasteiger partial charge in [0.05, 0.1) is 13.0 Å². The number of piperidine rings is 1. The van der Waals surface area contributed by atoms with Crippen LogP contribution in [0.5, 0.6) is 0 Å². The monoisotopic (exact) mass is 305 g/mol. The topological polar surface area (TPSA) is 102 Å². The summed E-state index contributed by atoms with van der Waals surface area (Å²) in [4.78, 5) is 36.6. The van der Waals surface area contributed by atoms with Crippen LogP contribution < -0.4 is 11.1 Å². The number of ether oxygens (including phenoxy) is 1. The number of urea groups is 1. The molecule has 1 aliphatic rings. The number of benzene rings is 1. The lowest BCUT2D eigenvalue weighted by atomic mass is 9.97. The predicted molar refractivity (Wildman–Crippen MR) is 80.3 cm³/mol. The van der Waals surface area contributed by atoms with Gasteiger partial charge in [0.15, 0.2) is 0 Å². The molecular weight excluding hydrogens is 286 g/mol. The molecule has 0 radical (unpaired) electrons. The van der Waals surface area contributed by atoms with E-state index in [1.807, 2.05) is 0 Å². The van der Waals surface area contributed by atoms with E-state index in [0.29, 0.717) is 24.3 Å². The summed E-state index contributed by atoms with van der Waals surface area (Å²) in [6, 6.07) is 5.86. The van der Waals surface area contributed by atoms with Gasteiger partial charge in [-0.25, -0.2) is 4.79 Å². The van der Waals surface area contributed by atoms with Crippen molar-refractivity contribution in [2.24, 2.45) is 11.7 Å². The third-order valence-corrected chi connectivity index (χ3v) is 3.62. The molecule has 7 heteroatoms. The highest BCUT2D eigenvalue weighted by molar-refractivity contribution is 5.97. The van der Waals surface area contributed by atoms with Crippen molar-refractivity contribution in [1.82, 2.24) is 4.90 Å². The number of esters is 1. The second-order valence-electron chi connectivity index (χ2n) is 5.18. The van der Waals surface area contributed by atoms with Gasteiger partial charge in [0.25, 0.3) is 5.91 Å². The molecule has 3 amide bonds. The molecule has 7 nitrogen and oxygen atoms in total. The average Bonchev–Trinajstić information content (AvgIpc) is 2.53. The summed E-state index contributed by atoms with van der Waals surface area (Å²) in [5.41, 5.74) is 5.96. The zero-order chi connectivity index (χ0) is 16.1. The van der Waals surface area contributed by atoms with E-state index in [-0.39, 0.29) is 17.8 Å². The third kappa shape index (κ3) is 3.75. The molecule has 1 saturated heterocycles. The minimum Gasteiger partial charge on any atom is -0.469 e. The Balaban J connectivity index is 2.10. The quantitative estimate of drug-likeness (QED) is 0.819. The van der Waals surface area contributed by atoms with E-state index in [1.165, 1.54) is 7.11 Å². The Morgan fingerprint density at radius 1 is 1.36 bits per heavy atom. The molecule has 0 aliphatic carbocycles. The van der Waals surface area contributed by atoms with Crippen molar-refractivity contribution in [2.45, 2.75) is 12.8 Å². The van der Waals surface area contributed by atoms with E-state index in [9.17, 15) is 14.4 Å². The number of carbonyl (C=O) groups excluding carboxylic acids is 3. The molecule has 0 saturated carbocycles. The van der Waals surface area contributed by atoms with Crippen LogP contribution in [0.15, 0.2) is 24.3 Å². The number of carbonyl (C=O) groups is 3. The molecule has 3 N–H and O–H groups in total. The van der Waals surface area contributed by atoms with Crippen molar-refractivity contribution < 1.29 is 19.1 Å². The van der Waals surface area contributed by atoms with Gasteiger partial charge in [0.2, 0.25) is 0 Å². The Kier molecular flexibility index (Phi) is 4.98. The van der Waals surface area contributed by atoms with Gasteiger partial charge in [-0.05, 0) is 31.0 Å². The Morgan fingerprint density at radius 2 is 2.14 bits per heavy atom. The molecule has 22 heavy (non-hydrogen) atoms. The highest BCUT2D eigenvalue weighted by atomic mass is 16.5. The van der Waals surface area contributed by atoms with Gasteiger partial charge in [-0.15, -0.1) is 0 Å². The summed E-state index contributed by atoms with van der Waals surface area (Å²) >= 11 is 0. The second-order valence-corrected chi connectivity index (χ2v) is 5.18. The van der Waals surface area contributed by atoms with Crippen LogP contribution in [0.2, 0.25) is 0 Å². The zero-order valence-electron chi connectivity index (χ0n) is 12.4. The molecular formula is C15H19N3O4. The molecule has 0 unspecified atom stereocenters. The first-order chi connectivity index (χ1) is 10.5. The highest BCUT2D eigenvalue weighted by Gasteiger charge is 2.29. The van der Waals surface area contributed by atoms with Crippen LogP contribution in [0.25, 0.3) is 0 Å². The summed E-state index contributed by atoms with van der Waals surface area (Å²) in [5.74, 6) is -0.752. The number of methoxy groups -OCH3 is 1. The smallest absolute Gasteiger partial charge is 0.316 e. The van der Waals surface area contributed by atoms with E-state index in [4.69, 9.17) is 10.5 Å². The number of nitrogens with zero attached hydrogens (tertiary/aromatic N) is 1. The largest absolute Gasteiger partial charge is 0.469 e. The molecule has 1 aliphatic heterocycles. The van der Waals surface area contributed by atoms with E-state index in [0.717, 1.165) is 12.8 Å². The second kappa shape index (κ2) is 6.93. The first-order valence-electron chi connectivity index (χ1n) is 7.05. The summed E-state index contributed by atoms with van der Waals surface area (Å²) in [5, 5.41) is 2.43. The number of rotatable bonds is 3. The number of likely N-dealkylation sites (tertiary alicyclic amines) is 1. The first-order valence-corrected chi connectivity index (χ1v) is 7.05. The van der Waals surface area contributed by atoms with Crippen LogP contribution in [-0.4, -0.2) is 43.0 Å². The van der Waals surface area contributed by atoms with Crippen molar-refractivity contribution in [3.05, 3.63) is 29.8 Å². The van der Waals surface area contributed by atoms with Crippen LogP contribution >= 0.6 is 0 Å². The maximum absolute atomic E-state index is 12.5. The lowest BCUT2D eigenvalue weighted by Gasteiger charge is -2.31. The lowest BCUT2D eigenvalue weighted by molar-refractivity contribution is -0.146. The van der Waals surface area contributed by atoms with E-state index < -0.39 is 6.03 Å². The van der Waals surface area contributed by atoms with Gasteiger partial charge in [0, 0.05) is 24.3 Å². The molecule has 0 spiro atoms. The Hall–Kier alpha value is -2.57. The standard InChI is InChI=1S/C15H19N3O4/c1-22-14(20)11-5-3-7-18(9-11)13(19)10-4-2-6-12(8-10)17-15(16)21/h2,4,6,8,11H,3,5,7,9H2,1H3,(H3,16,17,21)/t11-/m0/s1. The molecule has 2 rings (SSSR count). The minimum atomic E-state index is -0.687. The van der Waals surface area contributed by atoms with E-state index in [1.54, 1.807) is 29.2 Å². The van der Waals surface area contributed by atoms with E-state index >= 15 is 0 Å². The molecule has 1 atom stereocenters. The molecule has 0 bridgehead atoms. The molecule has 1 aromatic rings. The molecule has 1 aromatic carbocycles. The van der Waals surface area contributed by atoms with Crippen molar-refractivity contribution in [3.8, 4) is 0 Å². The van der Waals surface area contributed by atoms with Crippen LogP contribution in [-0.2, 0) is 9.53 Å². The Morgan fingerprint density at radius 3 is 2.82 bits per heavy atom. The van der Waals surface area contributed by atoms with Crippen molar-refractivity contribution >= 4 is 23.6 Å². The summed E-state index contributed by atoms with van der Waals surface area (Å²) in [6.45, 7) is 0.943. The van der Waals surface area contributed by atoms with Gasteiger partial charge >= 0.3 is 12.0 Å². The van der Waals surface area contributed by atoms with Gasteiger partial charge in [-0.1, -0.05) is 6.07 Å². The fourth-order valence-electron chi connectivity index (χ4n) is 2.58. The lowest BCUT2D eigenvalue weighted by Crippen LogP contribution is -2.42. The van der Waals surface area contributed by atoms with Crippen molar-refractivity contribution in [1.29, 1.82) is 0 Å². The normalized spacial score (nSPS) is 17.7. The number of nitrogens with two attached hydrogens (primary N) is 1. The van der Waals surface area contributed by atoms with Crippen LogP contribution in [0.3, 0.4) is 0 Å². The maximum Gasteiger partial charge on any atom is 0.316 e. The number of hydrogen-bond donors (Lipinski definition) is 2. The van der Waals surface area contributed by atoms with Gasteiger partial charge in [-0.2, -0.15) is 0 Å². The predicted octanol–water partition coefficient (Wildman–Crippen LogP) is 1.20. The number of primary amides is 1. The SMILES string of the molecule is COC(=O)[C@H]1CCCN(C(=O)c2cccc(NC(N)=O)c2)C1. The number of nitrogens with one attached hydrogen (secondary N) is 1. The molecule has 1 heterocycles. The number of hydrogen-bond acceptors (Lipinski definition) is 4. The van der Waals surface area contributed by atoms with Crippen molar-refractivity contribution in [2.75, 3.05) is 25.5 Å². The Labute approximate surface area is 128 Å². The fraction of sp³-hybridized carbons (Fsp3) is 0.400.